The summed E-state index contributed by atoms with van der Waals surface area (Å²) >= 11 is 1.20. The molecule has 0 aliphatic rings. The third-order valence-electron chi connectivity index (χ3n) is 4.52. The van der Waals surface area contributed by atoms with Gasteiger partial charge in [0.25, 0.3) is 0 Å². The molecule has 3 rings (SSSR count). The molecule has 2 N–H and O–H groups in total. The lowest BCUT2D eigenvalue weighted by Crippen LogP contribution is -2.17. The maximum Gasteiger partial charge on any atom is 0.337 e. The highest BCUT2D eigenvalue weighted by molar-refractivity contribution is 7.99. The molecule has 3 aromatic rings. The second kappa shape index (κ2) is 11.1. The molecular formula is C22H23N5O5S. The molecule has 0 spiro atoms. The fourth-order valence-electron chi connectivity index (χ4n) is 2.81. The van der Waals surface area contributed by atoms with Crippen molar-refractivity contribution in [3.63, 3.8) is 0 Å². The first-order valence-corrected chi connectivity index (χ1v) is 10.8. The molecule has 0 radical (unpaired) electrons. The zero-order valence-electron chi connectivity index (χ0n) is 18.3. The highest BCUT2D eigenvalue weighted by Gasteiger charge is 2.15. The molecular weight excluding hydrogens is 446 g/mol. The van der Waals surface area contributed by atoms with Gasteiger partial charge in [0.1, 0.15) is 11.6 Å². The van der Waals surface area contributed by atoms with Gasteiger partial charge in [0.05, 0.1) is 32.0 Å². The molecule has 0 fully saturated rings. The van der Waals surface area contributed by atoms with Gasteiger partial charge in [0.2, 0.25) is 11.8 Å². The van der Waals surface area contributed by atoms with Crippen LogP contribution in [0.1, 0.15) is 16.2 Å². The number of anilines is 2. The second-order valence-corrected chi connectivity index (χ2v) is 7.76. The molecule has 2 aromatic carbocycles. The van der Waals surface area contributed by atoms with Gasteiger partial charge in [0, 0.05) is 24.5 Å². The second-order valence-electron chi connectivity index (χ2n) is 6.82. The minimum atomic E-state index is -0.446. The van der Waals surface area contributed by atoms with Gasteiger partial charge in [-0.1, -0.05) is 17.8 Å². The molecule has 11 heteroatoms. The monoisotopic (exact) mass is 469 g/mol. The van der Waals surface area contributed by atoms with Crippen LogP contribution >= 0.6 is 11.8 Å². The van der Waals surface area contributed by atoms with E-state index in [0.29, 0.717) is 33.7 Å². The zero-order chi connectivity index (χ0) is 23.8. The Bertz CT molecular complexity index is 1150. The summed E-state index contributed by atoms with van der Waals surface area (Å²) in [5.41, 5.74) is 1.57. The Morgan fingerprint density at radius 1 is 0.970 bits per heavy atom. The quantitative estimate of drug-likeness (QED) is 0.362. The summed E-state index contributed by atoms with van der Waals surface area (Å²) in [6.45, 7) is 0. The average molecular weight is 470 g/mol. The zero-order valence-corrected chi connectivity index (χ0v) is 19.1. The molecule has 1 heterocycles. The number of rotatable bonds is 9. The van der Waals surface area contributed by atoms with Crippen molar-refractivity contribution in [2.45, 2.75) is 11.6 Å². The van der Waals surface area contributed by atoms with Crippen LogP contribution in [0.3, 0.4) is 0 Å². The molecule has 1 aromatic heterocycles. The lowest BCUT2D eigenvalue weighted by Gasteiger charge is -2.08. The van der Waals surface area contributed by atoms with Crippen molar-refractivity contribution in [1.29, 1.82) is 0 Å². The number of hydrogen-bond donors (Lipinski definition) is 2. The van der Waals surface area contributed by atoms with Crippen molar-refractivity contribution in [2.24, 2.45) is 7.05 Å². The van der Waals surface area contributed by atoms with E-state index in [1.54, 1.807) is 67.3 Å². The predicted molar refractivity (Wildman–Crippen MR) is 123 cm³/mol. The maximum absolute atomic E-state index is 12.4. The summed E-state index contributed by atoms with van der Waals surface area (Å²) in [6, 6.07) is 13.4. The van der Waals surface area contributed by atoms with Crippen LogP contribution in [0.25, 0.3) is 0 Å². The molecule has 0 bridgehead atoms. The van der Waals surface area contributed by atoms with Crippen LogP contribution in [-0.4, -0.2) is 52.5 Å². The Hall–Kier alpha value is -3.86. The highest BCUT2D eigenvalue weighted by Crippen LogP contribution is 2.19. The van der Waals surface area contributed by atoms with Crippen LogP contribution < -0.4 is 15.4 Å². The number of carbonyl (C=O) groups excluding carboxylic acids is 3. The van der Waals surface area contributed by atoms with E-state index < -0.39 is 5.97 Å². The smallest absolute Gasteiger partial charge is 0.337 e. The first kappa shape index (κ1) is 23.8. The van der Waals surface area contributed by atoms with E-state index in [9.17, 15) is 14.4 Å². The van der Waals surface area contributed by atoms with Gasteiger partial charge in [-0.2, -0.15) is 0 Å². The minimum absolute atomic E-state index is 0.0278. The lowest BCUT2D eigenvalue weighted by molar-refractivity contribution is -0.116. The van der Waals surface area contributed by atoms with Crippen LogP contribution in [0.4, 0.5) is 11.4 Å². The summed E-state index contributed by atoms with van der Waals surface area (Å²) in [5.74, 6) is 0.272. The predicted octanol–water partition coefficient (Wildman–Crippen LogP) is 2.52. The molecule has 33 heavy (non-hydrogen) atoms. The van der Waals surface area contributed by atoms with E-state index in [-0.39, 0.29) is 24.0 Å². The Morgan fingerprint density at radius 3 is 2.39 bits per heavy atom. The van der Waals surface area contributed by atoms with Crippen LogP contribution in [-0.2, 0) is 27.8 Å². The molecule has 0 saturated carbocycles. The number of esters is 1. The molecule has 0 aliphatic carbocycles. The van der Waals surface area contributed by atoms with E-state index >= 15 is 0 Å². The number of methoxy groups -OCH3 is 2. The van der Waals surface area contributed by atoms with Crippen molar-refractivity contribution < 1.29 is 23.9 Å². The summed E-state index contributed by atoms with van der Waals surface area (Å²) in [7, 11) is 4.60. The Kier molecular flexibility index (Phi) is 8.03. The first-order chi connectivity index (χ1) is 15.9. The number of nitrogens with one attached hydrogen (secondary N) is 2. The van der Waals surface area contributed by atoms with Crippen molar-refractivity contribution >= 4 is 40.9 Å². The largest absolute Gasteiger partial charge is 0.497 e. The van der Waals surface area contributed by atoms with Crippen LogP contribution in [0, 0.1) is 0 Å². The van der Waals surface area contributed by atoms with Crippen molar-refractivity contribution in [1.82, 2.24) is 14.8 Å². The molecule has 0 aliphatic heterocycles. The standard InChI is InChI=1S/C22H23N5O5S/c1-27-18(12-19(28)24-16-5-4-6-17(11-16)31-2)25-26-22(27)33-13-20(29)23-15-9-7-14(8-10-15)21(30)32-3/h4-11H,12-13H2,1-3H3,(H,23,29)(H,24,28). The van der Waals surface area contributed by atoms with Crippen LogP contribution in [0.15, 0.2) is 53.7 Å². The molecule has 0 unspecified atom stereocenters. The lowest BCUT2D eigenvalue weighted by atomic mass is 10.2. The SMILES string of the molecule is COC(=O)c1ccc(NC(=O)CSc2nnc(CC(=O)Nc3cccc(OC)c3)n2C)cc1. The third-order valence-corrected chi connectivity index (χ3v) is 5.54. The van der Waals surface area contributed by atoms with E-state index in [0.717, 1.165) is 0 Å². The molecule has 2 amide bonds. The number of nitrogens with zero attached hydrogens (tertiary/aromatic N) is 3. The fraction of sp³-hybridized carbons (Fsp3) is 0.227. The number of amides is 2. The molecule has 172 valence electrons. The van der Waals surface area contributed by atoms with E-state index in [2.05, 4.69) is 25.6 Å². The van der Waals surface area contributed by atoms with Crippen molar-refractivity contribution in [2.75, 3.05) is 30.6 Å². The summed E-state index contributed by atoms with van der Waals surface area (Å²) < 4.78 is 11.5. The molecule has 10 nitrogen and oxygen atoms in total. The molecule has 0 saturated heterocycles. The number of carbonyl (C=O) groups is 3. The van der Waals surface area contributed by atoms with Gasteiger partial charge in [-0.05, 0) is 36.4 Å². The fourth-order valence-corrected chi connectivity index (χ4v) is 3.54. The minimum Gasteiger partial charge on any atom is -0.497 e. The van der Waals surface area contributed by atoms with Gasteiger partial charge in [-0.3, -0.25) is 9.59 Å². The number of thioether (sulfide) groups is 1. The van der Waals surface area contributed by atoms with Crippen LogP contribution in [0.5, 0.6) is 5.75 Å². The van der Waals surface area contributed by atoms with Crippen molar-refractivity contribution in [3.8, 4) is 5.75 Å². The number of hydrogen-bond acceptors (Lipinski definition) is 8. The number of benzene rings is 2. The number of ether oxygens (including phenoxy) is 2. The average Bonchev–Trinajstić information content (AvgIpc) is 3.16. The van der Waals surface area contributed by atoms with E-state index in [1.807, 2.05) is 0 Å². The van der Waals surface area contributed by atoms with E-state index in [1.165, 1.54) is 18.9 Å². The first-order valence-electron chi connectivity index (χ1n) is 9.82. The van der Waals surface area contributed by atoms with Gasteiger partial charge in [-0.25, -0.2) is 4.79 Å². The van der Waals surface area contributed by atoms with Gasteiger partial charge < -0.3 is 24.7 Å². The normalized spacial score (nSPS) is 10.4. The Balaban J connectivity index is 1.51. The van der Waals surface area contributed by atoms with Crippen molar-refractivity contribution in [3.05, 3.63) is 59.9 Å². The summed E-state index contributed by atoms with van der Waals surface area (Å²) in [6.07, 6.45) is 0.0278. The Morgan fingerprint density at radius 2 is 1.70 bits per heavy atom. The highest BCUT2D eigenvalue weighted by atomic mass is 32.2. The van der Waals surface area contributed by atoms with Gasteiger partial charge >= 0.3 is 5.97 Å². The van der Waals surface area contributed by atoms with Crippen LogP contribution in [0.2, 0.25) is 0 Å². The summed E-state index contributed by atoms with van der Waals surface area (Å²) in [4.78, 5) is 36.1. The Labute approximate surface area is 194 Å². The van der Waals surface area contributed by atoms with E-state index in [4.69, 9.17) is 4.74 Å². The number of aromatic nitrogens is 3. The third kappa shape index (κ3) is 6.56. The maximum atomic E-state index is 12.4. The topological polar surface area (TPSA) is 124 Å². The van der Waals surface area contributed by atoms with Gasteiger partial charge in [-0.15, -0.1) is 10.2 Å². The van der Waals surface area contributed by atoms with Gasteiger partial charge in [0.15, 0.2) is 5.16 Å². The molecule has 0 atom stereocenters. The summed E-state index contributed by atoms with van der Waals surface area (Å²) in [5, 5.41) is 14.2.